The highest BCUT2D eigenvalue weighted by Gasteiger charge is 2.37. The first kappa shape index (κ1) is 15.5. The molecule has 0 aromatic heterocycles. The van der Waals surface area contributed by atoms with E-state index in [2.05, 4.69) is 19.2 Å². The lowest BCUT2D eigenvalue weighted by Gasteiger charge is -2.39. The van der Waals surface area contributed by atoms with E-state index < -0.39 is 0 Å². The average molecular weight is 304 g/mol. The number of benzene rings is 1. The molecule has 0 bridgehead atoms. The topological polar surface area (TPSA) is 32.3 Å². The SMILES string of the molecule is C[C@H](N[C@H]1CCN(C(=O)C2CC2)C[C@H]1C)c1cccc(F)c1. The molecule has 0 radical (unpaired) electrons. The molecule has 1 heterocycles. The van der Waals surface area contributed by atoms with Gasteiger partial charge in [0.05, 0.1) is 0 Å². The smallest absolute Gasteiger partial charge is 0.225 e. The van der Waals surface area contributed by atoms with Gasteiger partial charge in [-0.2, -0.15) is 0 Å². The minimum atomic E-state index is -0.191. The number of piperidine rings is 1. The summed E-state index contributed by atoms with van der Waals surface area (Å²) in [5.41, 5.74) is 0.976. The third-order valence-electron chi connectivity index (χ3n) is 4.96. The lowest BCUT2D eigenvalue weighted by Crippen LogP contribution is -2.50. The summed E-state index contributed by atoms with van der Waals surface area (Å²) >= 11 is 0. The average Bonchev–Trinajstić information content (AvgIpc) is 3.33. The Balaban J connectivity index is 1.56. The van der Waals surface area contributed by atoms with Gasteiger partial charge in [0, 0.05) is 31.1 Å². The number of rotatable bonds is 4. The zero-order valence-corrected chi connectivity index (χ0v) is 13.4. The van der Waals surface area contributed by atoms with Crippen LogP contribution in [0.2, 0.25) is 0 Å². The molecule has 1 saturated heterocycles. The number of nitrogens with zero attached hydrogens (tertiary/aromatic N) is 1. The maximum atomic E-state index is 13.3. The first-order valence-corrected chi connectivity index (χ1v) is 8.35. The Bertz CT molecular complexity index is 544. The molecule has 1 N–H and O–H groups in total. The molecule has 3 atom stereocenters. The Hall–Kier alpha value is -1.42. The second-order valence-electron chi connectivity index (χ2n) is 6.87. The van der Waals surface area contributed by atoms with Crippen LogP contribution in [0, 0.1) is 17.7 Å². The Kier molecular flexibility index (Phi) is 4.48. The van der Waals surface area contributed by atoms with Crippen molar-refractivity contribution in [2.24, 2.45) is 11.8 Å². The van der Waals surface area contributed by atoms with Crippen molar-refractivity contribution in [3.63, 3.8) is 0 Å². The molecular formula is C18H25FN2O. The summed E-state index contributed by atoms with van der Waals surface area (Å²) in [6.07, 6.45) is 3.11. The molecule has 1 aromatic rings. The second kappa shape index (κ2) is 6.37. The van der Waals surface area contributed by atoms with Gasteiger partial charge < -0.3 is 10.2 Å². The van der Waals surface area contributed by atoms with E-state index in [1.165, 1.54) is 6.07 Å². The van der Waals surface area contributed by atoms with Crippen LogP contribution in [-0.2, 0) is 4.79 Å². The predicted octanol–water partition coefficient (Wildman–Crippen LogP) is 3.12. The quantitative estimate of drug-likeness (QED) is 0.927. The van der Waals surface area contributed by atoms with Crippen LogP contribution in [0.5, 0.6) is 0 Å². The van der Waals surface area contributed by atoms with Gasteiger partial charge in [-0.1, -0.05) is 19.1 Å². The van der Waals surface area contributed by atoms with Crippen molar-refractivity contribution in [2.75, 3.05) is 13.1 Å². The van der Waals surface area contributed by atoms with Gasteiger partial charge in [0.25, 0.3) is 0 Å². The molecule has 3 rings (SSSR count). The minimum Gasteiger partial charge on any atom is -0.342 e. The molecule has 4 heteroatoms. The Morgan fingerprint density at radius 2 is 2.14 bits per heavy atom. The van der Waals surface area contributed by atoms with E-state index in [0.29, 0.717) is 23.8 Å². The maximum absolute atomic E-state index is 13.3. The van der Waals surface area contributed by atoms with E-state index in [-0.39, 0.29) is 11.9 Å². The fourth-order valence-electron chi connectivity index (χ4n) is 3.38. The summed E-state index contributed by atoms with van der Waals surface area (Å²) in [5, 5.41) is 3.61. The van der Waals surface area contributed by atoms with Crippen LogP contribution in [0.4, 0.5) is 4.39 Å². The molecule has 0 unspecified atom stereocenters. The van der Waals surface area contributed by atoms with Gasteiger partial charge in [-0.25, -0.2) is 4.39 Å². The number of carbonyl (C=O) groups is 1. The van der Waals surface area contributed by atoms with Gasteiger partial charge in [-0.05, 0) is 49.8 Å². The van der Waals surface area contributed by atoms with Crippen molar-refractivity contribution in [3.8, 4) is 0 Å². The number of likely N-dealkylation sites (tertiary alicyclic amines) is 1. The van der Waals surface area contributed by atoms with Gasteiger partial charge in [0.15, 0.2) is 0 Å². The number of carbonyl (C=O) groups excluding carboxylic acids is 1. The van der Waals surface area contributed by atoms with Crippen LogP contribution < -0.4 is 5.32 Å². The lowest BCUT2D eigenvalue weighted by atomic mass is 9.92. The van der Waals surface area contributed by atoms with E-state index in [4.69, 9.17) is 0 Å². The summed E-state index contributed by atoms with van der Waals surface area (Å²) in [5.74, 6) is 0.892. The highest BCUT2D eigenvalue weighted by Crippen LogP contribution is 2.32. The molecule has 1 amide bonds. The van der Waals surface area contributed by atoms with E-state index in [0.717, 1.165) is 37.9 Å². The minimum absolute atomic E-state index is 0.119. The van der Waals surface area contributed by atoms with Crippen molar-refractivity contribution in [2.45, 2.75) is 45.2 Å². The molecular weight excluding hydrogens is 279 g/mol. The molecule has 2 aliphatic rings. The number of halogens is 1. The van der Waals surface area contributed by atoms with Crippen LogP contribution in [0.3, 0.4) is 0 Å². The normalized spacial score (nSPS) is 26.8. The van der Waals surface area contributed by atoms with Crippen molar-refractivity contribution >= 4 is 5.91 Å². The largest absolute Gasteiger partial charge is 0.342 e. The van der Waals surface area contributed by atoms with Gasteiger partial charge in [0.1, 0.15) is 5.82 Å². The molecule has 120 valence electrons. The summed E-state index contributed by atoms with van der Waals surface area (Å²) in [6, 6.07) is 7.27. The fourth-order valence-corrected chi connectivity index (χ4v) is 3.38. The summed E-state index contributed by atoms with van der Waals surface area (Å²) in [7, 11) is 0. The predicted molar refractivity (Wildman–Crippen MR) is 84.8 cm³/mol. The van der Waals surface area contributed by atoms with Crippen LogP contribution >= 0.6 is 0 Å². The van der Waals surface area contributed by atoms with Crippen molar-refractivity contribution < 1.29 is 9.18 Å². The first-order chi connectivity index (χ1) is 10.5. The first-order valence-electron chi connectivity index (χ1n) is 8.35. The van der Waals surface area contributed by atoms with Gasteiger partial charge in [-0.15, -0.1) is 0 Å². The third-order valence-corrected chi connectivity index (χ3v) is 4.96. The third kappa shape index (κ3) is 3.49. The lowest BCUT2D eigenvalue weighted by molar-refractivity contribution is -0.134. The molecule has 2 fully saturated rings. The van der Waals surface area contributed by atoms with Crippen LogP contribution in [0.25, 0.3) is 0 Å². The zero-order valence-electron chi connectivity index (χ0n) is 13.4. The molecule has 1 saturated carbocycles. The molecule has 1 aliphatic carbocycles. The summed E-state index contributed by atoms with van der Waals surface area (Å²) in [4.78, 5) is 14.2. The van der Waals surface area contributed by atoms with Crippen LogP contribution in [0.1, 0.15) is 44.7 Å². The second-order valence-corrected chi connectivity index (χ2v) is 6.87. The molecule has 1 aliphatic heterocycles. The molecule has 3 nitrogen and oxygen atoms in total. The van der Waals surface area contributed by atoms with E-state index in [1.54, 1.807) is 12.1 Å². The summed E-state index contributed by atoms with van der Waals surface area (Å²) < 4.78 is 13.3. The van der Waals surface area contributed by atoms with Crippen molar-refractivity contribution in [1.82, 2.24) is 10.2 Å². The number of nitrogens with one attached hydrogen (secondary N) is 1. The van der Waals surface area contributed by atoms with Gasteiger partial charge >= 0.3 is 0 Å². The molecule has 22 heavy (non-hydrogen) atoms. The Morgan fingerprint density at radius 3 is 2.77 bits per heavy atom. The zero-order chi connectivity index (χ0) is 15.7. The van der Waals surface area contributed by atoms with Gasteiger partial charge in [0.2, 0.25) is 5.91 Å². The van der Waals surface area contributed by atoms with E-state index >= 15 is 0 Å². The van der Waals surface area contributed by atoms with Gasteiger partial charge in [-0.3, -0.25) is 4.79 Å². The summed E-state index contributed by atoms with van der Waals surface area (Å²) in [6.45, 7) is 5.95. The fraction of sp³-hybridized carbons (Fsp3) is 0.611. The Morgan fingerprint density at radius 1 is 1.36 bits per heavy atom. The van der Waals surface area contributed by atoms with Crippen molar-refractivity contribution in [3.05, 3.63) is 35.6 Å². The van der Waals surface area contributed by atoms with E-state index in [1.807, 2.05) is 11.0 Å². The highest BCUT2D eigenvalue weighted by atomic mass is 19.1. The molecule has 1 aromatic carbocycles. The van der Waals surface area contributed by atoms with Crippen LogP contribution in [0.15, 0.2) is 24.3 Å². The number of hydrogen-bond donors (Lipinski definition) is 1. The number of hydrogen-bond acceptors (Lipinski definition) is 2. The standard InChI is InChI=1S/C18H25FN2O/c1-12-11-21(18(22)14-6-7-14)9-8-17(12)20-13(2)15-4-3-5-16(19)10-15/h3-5,10,12-14,17,20H,6-9,11H2,1-2H3/t12-,13+,17+/m1/s1. The highest BCUT2D eigenvalue weighted by molar-refractivity contribution is 5.81. The van der Waals surface area contributed by atoms with E-state index in [9.17, 15) is 9.18 Å². The Labute approximate surface area is 131 Å². The van der Waals surface area contributed by atoms with Crippen LogP contribution in [-0.4, -0.2) is 29.9 Å². The number of amides is 1. The molecule has 0 spiro atoms. The van der Waals surface area contributed by atoms with Crippen molar-refractivity contribution in [1.29, 1.82) is 0 Å². The maximum Gasteiger partial charge on any atom is 0.225 e. The monoisotopic (exact) mass is 304 g/mol.